The molecule has 1 aromatic heterocycles. The number of para-hydroxylation sites is 1. The minimum Gasteiger partial charge on any atom is -0.335 e. The number of amides is 1. The van der Waals surface area contributed by atoms with Crippen molar-refractivity contribution in [3.05, 3.63) is 63.9 Å². The number of rotatable bonds is 3. The molecule has 3 rings (SSSR count). The highest BCUT2D eigenvalue weighted by atomic mass is 35.5. The van der Waals surface area contributed by atoms with E-state index in [-0.39, 0.29) is 5.56 Å². The molecule has 0 saturated carbocycles. The third-order valence-corrected chi connectivity index (χ3v) is 4.47. The minimum absolute atomic E-state index is 0.0314. The summed E-state index contributed by atoms with van der Waals surface area (Å²) in [6.45, 7) is 0.324. The van der Waals surface area contributed by atoms with Crippen LogP contribution in [-0.2, 0) is 6.54 Å². The van der Waals surface area contributed by atoms with Crippen molar-refractivity contribution in [3.63, 3.8) is 0 Å². The molecule has 22 heavy (non-hydrogen) atoms. The molecule has 0 saturated heterocycles. The van der Waals surface area contributed by atoms with Crippen molar-refractivity contribution in [2.24, 2.45) is 0 Å². The number of nitrogens with zero attached hydrogens (tertiary/aromatic N) is 2. The SMILES string of the molecule is CN(Cc1nc2ccccc2s1)C(=O)c1cc(Cl)ccc1F. The quantitative estimate of drug-likeness (QED) is 0.713. The van der Waals surface area contributed by atoms with Crippen LogP contribution in [-0.4, -0.2) is 22.8 Å². The van der Waals surface area contributed by atoms with Gasteiger partial charge in [0.2, 0.25) is 0 Å². The maximum atomic E-state index is 13.8. The molecule has 1 amide bonds. The van der Waals surface area contributed by atoms with E-state index in [1.807, 2.05) is 24.3 Å². The van der Waals surface area contributed by atoms with Gasteiger partial charge in [0.05, 0.1) is 22.3 Å². The smallest absolute Gasteiger partial charge is 0.257 e. The molecular weight excluding hydrogens is 323 g/mol. The number of halogens is 2. The second-order valence-corrected chi connectivity index (χ2v) is 6.41. The predicted octanol–water partition coefficient (Wildman–Crippen LogP) is 4.36. The predicted molar refractivity (Wildman–Crippen MR) is 86.8 cm³/mol. The Kier molecular flexibility index (Phi) is 4.09. The Morgan fingerprint density at radius 2 is 2.09 bits per heavy atom. The van der Waals surface area contributed by atoms with E-state index >= 15 is 0 Å². The standard InChI is InChI=1S/C16H12ClFN2OS/c1-20(16(21)11-8-10(17)6-7-12(11)18)9-15-19-13-4-2-3-5-14(13)22-15/h2-8H,9H2,1H3. The molecule has 0 aliphatic rings. The Morgan fingerprint density at radius 3 is 2.86 bits per heavy atom. The van der Waals surface area contributed by atoms with Gasteiger partial charge >= 0.3 is 0 Å². The van der Waals surface area contributed by atoms with Crippen molar-refractivity contribution < 1.29 is 9.18 Å². The van der Waals surface area contributed by atoms with Gasteiger partial charge in [0.15, 0.2) is 0 Å². The van der Waals surface area contributed by atoms with Crippen LogP contribution in [0.4, 0.5) is 4.39 Å². The summed E-state index contributed by atoms with van der Waals surface area (Å²) in [4.78, 5) is 18.3. The van der Waals surface area contributed by atoms with Gasteiger partial charge in [-0.1, -0.05) is 23.7 Å². The molecule has 0 bridgehead atoms. The highest BCUT2D eigenvalue weighted by Gasteiger charge is 2.18. The van der Waals surface area contributed by atoms with Crippen LogP contribution < -0.4 is 0 Å². The molecular formula is C16H12ClFN2OS. The molecule has 0 spiro atoms. The fraction of sp³-hybridized carbons (Fsp3) is 0.125. The van der Waals surface area contributed by atoms with Crippen molar-refractivity contribution in [2.75, 3.05) is 7.05 Å². The number of hydrogen-bond acceptors (Lipinski definition) is 3. The Hall–Kier alpha value is -1.98. The molecule has 1 heterocycles. The molecule has 6 heteroatoms. The fourth-order valence-corrected chi connectivity index (χ4v) is 3.32. The van der Waals surface area contributed by atoms with Crippen LogP contribution in [0, 0.1) is 5.82 Å². The molecule has 2 aromatic carbocycles. The van der Waals surface area contributed by atoms with Gasteiger partial charge < -0.3 is 4.90 Å². The number of fused-ring (bicyclic) bond motifs is 1. The molecule has 0 atom stereocenters. The number of carbonyl (C=O) groups excluding carboxylic acids is 1. The Bertz CT molecular complexity index is 816. The first-order chi connectivity index (χ1) is 10.5. The molecule has 0 radical (unpaired) electrons. The fourth-order valence-electron chi connectivity index (χ4n) is 2.13. The molecule has 3 aromatic rings. The second kappa shape index (κ2) is 6.02. The van der Waals surface area contributed by atoms with Crippen molar-refractivity contribution in [1.82, 2.24) is 9.88 Å². The van der Waals surface area contributed by atoms with E-state index in [2.05, 4.69) is 4.98 Å². The third kappa shape index (κ3) is 2.96. The lowest BCUT2D eigenvalue weighted by molar-refractivity contribution is 0.0780. The van der Waals surface area contributed by atoms with Crippen LogP contribution in [0.1, 0.15) is 15.4 Å². The van der Waals surface area contributed by atoms with Gasteiger partial charge in [0, 0.05) is 12.1 Å². The zero-order valence-corrected chi connectivity index (χ0v) is 13.3. The lowest BCUT2D eigenvalue weighted by Gasteiger charge is -2.16. The molecule has 0 N–H and O–H groups in total. The average Bonchev–Trinajstić information content (AvgIpc) is 2.91. The van der Waals surface area contributed by atoms with Crippen LogP contribution in [0.25, 0.3) is 10.2 Å². The van der Waals surface area contributed by atoms with Crippen LogP contribution in [0.5, 0.6) is 0 Å². The van der Waals surface area contributed by atoms with Crippen LogP contribution in [0.2, 0.25) is 5.02 Å². The molecule has 0 aliphatic heterocycles. The van der Waals surface area contributed by atoms with Gasteiger partial charge in [-0.2, -0.15) is 0 Å². The summed E-state index contributed by atoms with van der Waals surface area (Å²) >= 11 is 7.35. The second-order valence-electron chi connectivity index (χ2n) is 4.86. The van der Waals surface area contributed by atoms with E-state index in [0.29, 0.717) is 11.6 Å². The number of carbonyl (C=O) groups is 1. The zero-order valence-electron chi connectivity index (χ0n) is 11.7. The van der Waals surface area contributed by atoms with E-state index in [9.17, 15) is 9.18 Å². The maximum Gasteiger partial charge on any atom is 0.257 e. The van der Waals surface area contributed by atoms with Gasteiger partial charge in [-0.15, -0.1) is 11.3 Å². The van der Waals surface area contributed by atoms with Gasteiger partial charge in [0.25, 0.3) is 5.91 Å². The number of aromatic nitrogens is 1. The third-order valence-electron chi connectivity index (χ3n) is 3.22. The van der Waals surface area contributed by atoms with E-state index in [4.69, 9.17) is 11.6 Å². The Labute approximate surface area is 136 Å². The van der Waals surface area contributed by atoms with Crippen molar-refractivity contribution in [2.45, 2.75) is 6.54 Å². The van der Waals surface area contributed by atoms with Gasteiger partial charge in [-0.05, 0) is 30.3 Å². The Balaban J connectivity index is 1.82. The average molecular weight is 335 g/mol. The number of benzene rings is 2. The van der Waals surface area contributed by atoms with Gasteiger partial charge in [0.1, 0.15) is 10.8 Å². The van der Waals surface area contributed by atoms with Crippen molar-refractivity contribution in [1.29, 1.82) is 0 Å². The van der Waals surface area contributed by atoms with Crippen LogP contribution in [0.15, 0.2) is 42.5 Å². The summed E-state index contributed by atoms with van der Waals surface area (Å²) in [5, 5.41) is 1.14. The van der Waals surface area contributed by atoms with Crippen molar-refractivity contribution in [3.8, 4) is 0 Å². The lowest BCUT2D eigenvalue weighted by Crippen LogP contribution is -2.27. The summed E-state index contributed by atoms with van der Waals surface area (Å²) in [7, 11) is 1.62. The van der Waals surface area contributed by atoms with Gasteiger partial charge in [-0.3, -0.25) is 4.79 Å². The highest BCUT2D eigenvalue weighted by molar-refractivity contribution is 7.18. The largest absolute Gasteiger partial charge is 0.335 e. The molecule has 0 fully saturated rings. The first kappa shape index (κ1) is 14.9. The van der Waals surface area contributed by atoms with Gasteiger partial charge in [-0.25, -0.2) is 9.37 Å². The Morgan fingerprint density at radius 1 is 1.32 bits per heavy atom. The summed E-state index contributed by atoms with van der Waals surface area (Å²) in [5.41, 5.74) is 0.869. The van der Waals surface area contributed by atoms with E-state index in [1.165, 1.54) is 34.4 Å². The number of hydrogen-bond donors (Lipinski definition) is 0. The lowest BCUT2D eigenvalue weighted by atomic mass is 10.2. The summed E-state index contributed by atoms with van der Waals surface area (Å²) in [6, 6.07) is 11.7. The topological polar surface area (TPSA) is 33.2 Å². The first-order valence-corrected chi connectivity index (χ1v) is 7.79. The molecule has 0 unspecified atom stereocenters. The van der Waals surface area contributed by atoms with Crippen LogP contribution >= 0.6 is 22.9 Å². The summed E-state index contributed by atoms with van der Waals surface area (Å²) in [6.07, 6.45) is 0. The van der Waals surface area contributed by atoms with E-state index < -0.39 is 11.7 Å². The van der Waals surface area contributed by atoms with E-state index in [1.54, 1.807) is 7.05 Å². The first-order valence-electron chi connectivity index (χ1n) is 6.59. The van der Waals surface area contributed by atoms with E-state index in [0.717, 1.165) is 15.2 Å². The minimum atomic E-state index is -0.578. The molecule has 3 nitrogen and oxygen atoms in total. The maximum absolute atomic E-state index is 13.8. The van der Waals surface area contributed by atoms with Crippen LogP contribution in [0.3, 0.4) is 0 Å². The summed E-state index contributed by atoms with van der Waals surface area (Å²) in [5.74, 6) is -0.996. The summed E-state index contributed by atoms with van der Waals surface area (Å²) < 4.78 is 14.8. The molecule has 112 valence electrons. The monoisotopic (exact) mass is 334 g/mol. The molecule has 0 aliphatic carbocycles. The normalized spacial score (nSPS) is 10.9. The number of thiazole rings is 1. The zero-order chi connectivity index (χ0) is 15.7. The van der Waals surface area contributed by atoms with Crippen molar-refractivity contribution >= 4 is 39.1 Å². The highest BCUT2D eigenvalue weighted by Crippen LogP contribution is 2.23.